The molecule has 0 amide bonds. The van der Waals surface area contributed by atoms with Crippen LogP contribution in [0.15, 0.2) is 47.6 Å². The van der Waals surface area contributed by atoms with Crippen molar-refractivity contribution in [3.05, 3.63) is 53.9 Å². The van der Waals surface area contributed by atoms with Gasteiger partial charge >= 0.3 is 0 Å². The van der Waals surface area contributed by atoms with Crippen molar-refractivity contribution in [1.29, 1.82) is 0 Å². The summed E-state index contributed by atoms with van der Waals surface area (Å²) in [6, 6.07) is 9.93. The average Bonchev–Trinajstić information content (AvgIpc) is 2.52. The number of hydrogen-bond donors (Lipinski definition) is 0. The first-order valence-electron chi connectivity index (χ1n) is 6.99. The maximum atomic E-state index is 12.2. The number of aryl methyl sites for hydroxylation is 1. The quantitative estimate of drug-likeness (QED) is 0.569. The van der Waals surface area contributed by atoms with Crippen molar-refractivity contribution in [1.82, 2.24) is 4.98 Å². The lowest BCUT2D eigenvalue weighted by atomic mass is 10.2. The SMILES string of the molecule is CCCOc1cncc(C(=O)CSc2ccc(C)cc2)c1. The number of carbonyl (C=O) groups is 1. The van der Waals surface area contributed by atoms with Crippen molar-refractivity contribution in [3.8, 4) is 5.75 Å². The molecule has 110 valence electrons. The molecular formula is C17H19NO2S. The number of pyridine rings is 1. The summed E-state index contributed by atoms with van der Waals surface area (Å²) in [5, 5.41) is 0. The maximum absolute atomic E-state index is 12.2. The molecule has 0 saturated heterocycles. The van der Waals surface area contributed by atoms with Crippen molar-refractivity contribution in [2.75, 3.05) is 12.4 Å². The van der Waals surface area contributed by atoms with Gasteiger partial charge in [-0.05, 0) is 31.5 Å². The van der Waals surface area contributed by atoms with Gasteiger partial charge in [0.15, 0.2) is 5.78 Å². The van der Waals surface area contributed by atoms with Crippen LogP contribution in [0.5, 0.6) is 5.75 Å². The molecule has 2 rings (SSSR count). The minimum absolute atomic E-state index is 0.0648. The highest BCUT2D eigenvalue weighted by Gasteiger charge is 2.08. The lowest BCUT2D eigenvalue weighted by Gasteiger charge is -2.06. The minimum Gasteiger partial charge on any atom is -0.492 e. The second kappa shape index (κ2) is 7.84. The highest BCUT2D eigenvalue weighted by Crippen LogP contribution is 2.20. The molecule has 0 N–H and O–H groups in total. The third kappa shape index (κ3) is 4.90. The largest absolute Gasteiger partial charge is 0.492 e. The summed E-state index contributed by atoms with van der Waals surface area (Å²) in [7, 11) is 0. The Morgan fingerprint density at radius 1 is 1.24 bits per heavy atom. The molecule has 0 spiro atoms. The number of ether oxygens (including phenoxy) is 1. The number of rotatable bonds is 7. The van der Waals surface area contributed by atoms with Crippen molar-refractivity contribution in [2.45, 2.75) is 25.2 Å². The second-order valence-electron chi connectivity index (χ2n) is 4.78. The summed E-state index contributed by atoms with van der Waals surface area (Å²) in [5.74, 6) is 1.13. The maximum Gasteiger partial charge on any atom is 0.174 e. The van der Waals surface area contributed by atoms with Crippen LogP contribution in [-0.2, 0) is 0 Å². The van der Waals surface area contributed by atoms with E-state index in [9.17, 15) is 4.79 Å². The van der Waals surface area contributed by atoms with Crippen molar-refractivity contribution < 1.29 is 9.53 Å². The predicted molar refractivity (Wildman–Crippen MR) is 86.3 cm³/mol. The number of hydrogen-bond acceptors (Lipinski definition) is 4. The zero-order chi connectivity index (χ0) is 15.1. The van der Waals surface area contributed by atoms with Crippen molar-refractivity contribution in [3.63, 3.8) is 0 Å². The summed E-state index contributed by atoms with van der Waals surface area (Å²) in [4.78, 5) is 17.4. The molecule has 1 aromatic heterocycles. The monoisotopic (exact) mass is 301 g/mol. The average molecular weight is 301 g/mol. The van der Waals surface area contributed by atoms with E-state index in [4.69, 9.17) is 4.74 Å². The second-order valence-corrected chi connectivity index (χ2v) is 5.83. The molecule has 1 heterocycles. The van der Waals surface area contributed by atoms with Gasteiger partial charge in [-0.25, -0.2) is 0 Å². The molecule has 0 aliphatic rings. The van der Waals surface area contributed by atoms with Crippen molar-refractivity contribution in [2.24, 2.45) is 0 Å². The number of nitrogens with zero attached hydrogens (tertiary/aromatic N) is 1. The van der Waals surface area contributed by atoms with Gasteiger partial charge in [0.05, 0.1) is 18.6 Å². The first-order valence-corrected chi connectivity index (χ1v) is 7.98. The van der Waals surface area contributed by atoms with Gasteiger partial charge in [-0.15, -0.1) is 11.8 Å². The van der Waals surface area contributed by atoms with Crippen LogP contribution < -0.4 is 4.74 Å². The van der Waals surface area contributed by atoms with Crippen LogP contribution in [0, 0.1) is 6.92 Å². The number of ketones is 1. The van der Waals surface area contributed by atoms with E-state index in [-0.39, 0.29) is 5.78 Å². The van der Waals surface area contributed by atoms with Crippen LogP contribution in [0.4, 0.5) is 0 Å². The summed E-state index contributed by atoms with van der Waals surface area (Å²) in [6.07, 6.45) is 4.16. The normalized spacial score (nSPS) is 10.4. The van der Waals surface area contributed by atoms with Gasteiger partial charge in [0.1, 0.15) is 5.75 Å². The van der Waals surface area contributed by atoms with Gasteiger partial charge < -0.3 is 4.74 Å². The molecular weight excluding hydrogens is 282 g/mol. The molecule has 0 atom stereocenters. The Morgan fingerprint density at radius 3 is 2.71 bits per heavy atom. The van der Waals surface area contributed by atoms with Gasteiger partial charge in [-0.1, -0.05) is 24.6 Å². The number of carbonyl (C=O) groups excluding carboxylic acids is 1. The molecule has 0 aliphatic carbocycles. The van der Waals surface area contributed by atoms with Crippen LogP contribution in [0.3, 0.4) is 0 Å². The van der Waals surface area contributed by atoms with Crippen molar-refractivity contribution >= 4 is 17.5 Å². The summed E-state index contributed by atoms with van der Waals surface area (Å²) >= 11 is 1.54. The standard InChI is InChI=1S/C17H19NO2S/c1-3-8-20-15-9-14(10-18-11-15)17(19)12-21-16-6-4-13(2)5-7-16/h4-7,9-11H,3,8,12H2,1-2H3. The molecule has 0 aliphatic heterocycles. The molecule has 2 aromatic rings. The fraction of sp³-hybridized carbons (Fsp3) is 0.294. The minimum atomic E-state index is 0.0648. The van der Waals surface area contributed by atoms with Gasteiger partial charge in [0.2, 0.25) is 0 Å². The number of aromatic nitrogens is 1. The lowest BCUT2D eigenvalue weighted by molar-refractivity contribution is 0.102. The Labute approximate surface area is 129 Å². The molecule has 0 fully saturated rings. The molecule has 0 unspecified atom stereocenters. The van der Waals surface area contributed by atoms with Gasteiger partial charge in [0.25, 0.3) is 0 Å². The Morgan fingerprint density at radius 2 is 2.00 bits per heavy atom. The fourth-order valence-corrected chi connectivity index (χ4v) is 2.53. The van der Waals surface area contributed by atoms with Gasteiger partial charge in [-0.2, -0.15) is 0 Å². The molecule has 0 radical (unpaired) electrons. The molecule has 0 saturated carbocycles. The van der Waals surface area contributed by atoms with E-state index in [1.54, 1.807) is 18.5 Å². The highest BCUT2D eigenvalue weighted by molar-refractivity contribution is 8.00. The van der Waals surface area contributed by atoms with Gasteiger partial charge in [0, 0.05) is 16.7 Å². The van der Waals surface area contributed by atoms with Crippen LogP contribution >= 0.6 is 11.8 Å². The Hall–Kier alpha value is -1.81. The predicted octanol–water partition coefficient (Wildman–Crippen LogP) is 4.15. The van der Waals surface area contributed by atoms with Crippen LogP contribution in [0.25, 0.3) is 0 Å². The molecule has 4 heteroatoms. The lowest BCUT2D eigenvalue weighted by Crippen LogP contribution is -2.04. The molecule has 0 bridgehead atoms. The first-order chi connectivity index (χ1) is 10.2. The molecule has 1 aromatic carbocycles. The van der Waals surface area contributed by atoms with Crippen LogP contribution in [0.1, 0.15) is 29.3 Å². The van der Waals surface area contributed by atoms with Crippen LogP contribution in [0.2, 0.25) is 0 Å². The summed E-state index contributed by atoms with van der Waals surface area (Å²) in [6.45, 7) is 4.73. The van der Waals surface area contributed by atoms with E-state index in [0.717, 1.165) is 11.3 Å². The summed E-state index contributed by atoms with van der Waals surface area (Å²) in [5.41, 5.74) is 1.82. The van der Waals surface area contributed by atoms with Gasteiger partial charge in [-0.3, -0.25) is 9.78 Å². The fourth-order valence-electron chi connectivity index (χ4n) is 1.74. The van der Waals surface area contributed by atoms with E-state index in [1.165, 1.54) is 17.3 Å². The van der Waals surface area contributed by atoms with E-state index in [1.807, 2.05) is 38.1 Å². The van der Waals surface area contributed by atoms with Crippen LogP contribution in [-0.4, -0.2) is 23.1 Å². The Balaban J connectivity index is 1.95. The van der Waals surface area contributed by atoms with E-state index in [0.29, 0.717) is 23.7 Å². The topological polar surface area (TPSA) is 39.2 Å². The Kier molecular flexibility index (Phi) is 5.81. The highest BCUT2D eigenvalue weighted by atomic mass is 32.2. The van der Waals surface area contributed by atoms with E-state index in [2.05, 4.69) is 4.98 Å². The van der Waals surface area contributed by atoms with E-state index < -0.39 is 0 Å². The number of benzene rings is 1. The smallest absolute Gasteiger partial charge is 0.174 e. The third-order valence-corrected chi connectivity index (χ3v) is 3.91. The molecule has 21 heavy (non-hydrogen) atoms. The first kappa shape index (κ1) is 15.6. The zero-order valence-corrected chi connectivity index (χ0v) is 13.2. The Bertz CT molecular complexity index is 596. The van der Waals surface area contributed by atoms with E-state index >= 15 is 0 Å². The summed E-state index contributed by atoms with van der Waals surface area (Å²) < 4.78 is 5.50. The zero-order valence-electron chi connectivity index (χ0n) is 12.3. The molecule has 3 nitrogen and oxygen atoms in total. The number of Topliss-reactive ketones (excluding diaryl/α,β-unsaturated/α-hetero) is 1. The number of thioether (sulfide) groups is 1. The third-order valence-electron chi connectivity index (χ3n) is 2.90.